The van der Waals surface area contributed by atoms with Gasteiger partial charge in [0.1, 0.15) is 6.07 Å². The van der Waals surface area contributed by atoms with E-state index >= 15 is 0 Å². The monoisotopic (exact) mass is 390 g/mol. The molecule has 0 bridgehead atoms. The number of anilines is 1. The summed E-state index contributed by atoms with van der Waals surface area (Å²) in [6, 6.07) is 7.90. The van der Waals surface area contributed by atoms with Crippen molar-refractivity contribution in [2.75, 3.05) is 39.1 Å². The van der Waals surface area contributed by atoms with Crippen LogP contribution in [0.5, 0.6) is 0 Å². The molecule has 27 heavy (non-hydrogen) atoms. The van der Waals surface area contributed by atoms with Gasteiger partial charge in [0.15, 0.2) is 5.69 Å². The van der Waals surface area contributed by atoms with Gasteiger partial charge in [0, 0.05) is 25.0 Å². The smallest absolute Gasteiger partial charge is 0.357 e. The number of nitriles is 1. The van der Waals surface area contributed by atoms with Crippen LogP contribution in [0.4, 0.5) is 5.69 Å². The lowest BCUT2D eigenvalue weighted by Crippen LogP contribution is -2.40. The topological polar surface area (TPSA) is 128 Å². The van der Waals surface area contributed by atoms with Crippen LogP contribution in [0.15, 0.2) is 35.4 Å². The van der Waals surface area contributed by atoms with E-state index in [-0.39, 0.29) is 21.8 Å². The number of hydrogen-bond donors (Lipinski definition) is 1. The maximum absolute atomic E-state index is 12.7. The molecule has 1 aliphatic rings. The lowest BCUT2D eigenvalue weighted by atomic mass is 10.2. The van der Waals surface area contributed by atoms with Crippen LogP contribution >= 0.6 is 0 Å². The number of carbonyl (C=O) groups is 1. The first-order valence-corrected chi connectivity index (χ1v) is 9.51. The summed E-state index contributed by atoms with van der Waals surface area (Å²) in [6.45, 7) is 1.32. The average molecular weight is 390 g/mol. The highest BCUT2D eigenvalue weighted by Gasteiger charge is 2.27. The highest BCUT2D eigenvalue weighted by molar-refractivity contribution is 7.89. The Morgan fingerprint density at radius 3 is 2.44 bits per heavy atom. The van der Waals surface area contributed by atoms with Gasteiger partial charge in [-0.25, -0.2) is 13.2 Å². The van der Waals surface area contributed by atoms with Crippen molar-refractivity contribution in [3.63, 3.8) is 0 Å². The first kappa shape index (κ1) is 18.9. The molecule has 9 nitrogen and oxygen atoms in total. The largest absolute Gasteiger partial charge is 0.464 e. The average Bonchev–Trinajstić information content (AvgIpc) is 3.04. The first-order chi connectivity index (χ1) is 12.9. The number of sulfonamides is 1. The van der Waals surface area contributed by atoms with E-state index in [1.54, 1.807) is 12.1 Å². The molecule has 2 N–H and O–H groups in total. The van der Waals surface area contributed by atoms with E-state index in [1.807, 2.05) is 6.07 Å². The van der Waals surface area contributed by atoms with Crippen LogP contribution in [0.25, 0.3) is 5.69 Å². The summed E-state index contributed by atoms with van der Waals surface area (Å²) in [5.74, 6) is -0.695. The quantitative estimate of drug-likeness (QED) is 0.763. The van der Waals surface area contributed by atoms with E-state index in [4.69, 9.17) is 20.5 Å². The number of ether oxygens (including phenoxy) is 2. The SMILES string of the molecule is COC(=O)c1c(N)c(C#N)cn1-c1ccc(S(=O)(=O)N2CCOCC2)cc1. The first-order valence-electron chi connectivity index (χ1n) is 8.07. The van der Waals surface area contributed by atoms with Gasteiger partial charge < -0.3 is 19.8 Å². The van der Waals surface area contributed by atoms with Crippen molar-refractivity contribution < 1.29 is 22.7 Å². The van der Waals surface area contributed by atoms with Crippen molar-refractivity contribution in [1.29, 1.82) is 5.26 Å². The molecule has 0 saturated carbocycles. The Morgan fingerprint density at radius 1 is 1.26 bits per heavy atom. The number of hydrogen-bond acceptors (Lipinski definition) is 7. The van der Waals surface area contributed by atoms with E-state index in [0.717, 1.165) is 0 Å². The molecule has 3 rings (SSSR count). The number of nitrogens with zero attached hydrogens (tertiary/aromatic N) is 3. The van der Waals surface area contributed by atoms with Crippen molar-refractivity contribution in [2.45, 2.75) is 4.90 Å². The Balaban J connectivity index is 1.99. The number of rotatable bonds is 4. The van der Waals surface area contributed by atoms with Gasteiger partial charge in [0.25, 0.3) is 0 Å². The van der Waals surface area contributed by atoms with Gasteiger partial charge in [-0.15, -0.1) is 0 Å². The number of esters is 1. The zero-order valence-corrected chi connectivity index (χ0v) is 15.4. The Labute approximate surface area is 156 Å². The molecule has 0 spiro atoms. The predicted molar refractivity (Wildman–Crippen MR) is 95.8 cm³/mol. The molecule has 1 aromatic carbocycles. The normalized spacial score (nSPS) is 15.3. The van der Waals surface area contributed by atoms with Crippen LogP contribution < -0.4 is 5.73 Å². The lowest BCUT2D eigenvalue weighted by molar-refractivity contribution is 0.0593. The van der Waals surface area contributed by atoms with Crippen molar-refractivity contribution in [3.05, 3.63) is 41.7 Å². The fourth-order valence-corrected chi connectivity index (χ4v) is 4.24. The Bertz CT molecular complexity index is 999. The maximum Gasteiger partial charge on any atom is 0.357 e. The Morgan fingerprint density at radius 2 is 1.89 bits per heavy atom. The number of morpholine rings is 1. The van der Waals surface area contributed by atoms with Crippen molar-refractivity contribution in [3.8, 4) is 11.8 Å². The van der Waals surface area contributed by atoms with Crippen LogP contribution in [0.2, 0.25) is 0 Å². The van der Waals surface area contributed by atoms with Crippen molar-refractivity contribution >= 4 is 21.7 Å². The molecular weight excluding hydrogens is 372 g/mol. The third-order valence-electron chi connectivity index (χ3n) is 4.27. The van der Waals surface area contributed by atoms with E-state index in [2.05, 4.69) is 0 Å². The van der Waals surface area contributed by atoms with Gasteiger partial charge in [-0.2, -0.15) is 9.57 Å². The Hall–Kier alpha value is -2.87. The summed E-state index contributed by atoms with van der Waals surface area (Å²) in [5.41, 5.74) is 6.49. The minimum atomic E-state index is -3.62. The number of methoxy groups -OCH3 is 1. The fourth-order valence-electron chi connectivity index (χ4n) is 2.83. The molecule has 2 heterocycles. The van der Waals surface area contributed by atoms with Crippen LogP contribution in [-0.2, 0) is 19.5 Å². The third-order valence-corrected chi connectivity index (χ3v) is 6.18. The van der Waals surface area contributed by atoms with Gasteiger partial charge in [-0.3, -0.25) is 0 Å². The van der Waals surface area contributed by atoms with Crippen LogP contribution in [-0.4, -0.2) is 56.7 Å². The molecule has 0 atom stereocenters. The molecule has 1 fully saturated rings. The zero-order chi connectivity index (χ0) is 19.6. The second-order valence-corrected chi connectivity index (χ2v) is 7.73. The predicted octanol–water partition coefficient (Wildman–Crippen LogP) is 0.739. The number of nitrogen functional groups attached to an aromatic ring is 1. The van der Waals surface area contributed by atoms with Crippen LogP contribution in [0.1, 0.15) is 16.1 Å². The molecule has 0 unspecified atom stereocenters. The van der Waals surface area contributed by atoms with Gasteiger partial charge in [0.05, 0.1) is 36.5 Å². The highest BCUT2D eigenvalue weighted by Crippen LogP contribution is 2.26. The van der Waals surface area contributed by atoms with Crippen LogP contribution in [0.3, 0.4) is 0 Å². The van der Waals surface area contributed by atoms with Gasteiger partial charge in [0.2, 0.25) is 10.0 Å². The molecule has 1 aromatic heterocycles. The fraction of sp³-hybridized carbons (Fsp3) is 0.294. The summed E-state index contributed by atoms with van der Waals surface area (Å²) >= 11 is 0. The summed E-state index contributed by atoms with van der Waals surface area (Å²) in [5, 5.41) is 9.16. The molecule has 0 amide bonds. The minimum absolute atomic E-state index is 0.00867. The lowest BCUT2D eigenvalue weighted by Gasteiger charge is -2.26. The van der Waals surface area contributed by atoms with E-state index in [9.17, 15) is 13.2 Å². The van der Waals surface area contributed by atoms with E-state index < -0.39 is 16.0 Å². The van der Waals surface area contributed by atoms with Gasteiger partial charge in [-0.1, -0.05) is 0 Å². The molecular formula is C17H18N4O5S. The van der Waals surface area contributed by atoms with E-state index in [1.165, 1.54) is 34.3 Å². The maximum atomic E-state index is 12.7. The van der Waals surface area contributed by atoms with Gasteiger partial charge >= 0.3 is 5.97 Å². The molecule has 10 heteroatoms. The molecule has 142 valence electrons. The second kappa shape index (κ2) is 7.40. The Kier molecular flexibility index (Phi) is 5.18. The van der Waals surface area contributed by atoms with Gasteiger partial charge in [-0.05, 0) is 24.3 Å². The summed E-state index contributed by atoms with van der Waals surface area (Å²) in [4.78, 5) is 12.2. The zero-order valence-electron chi connectivity index (χ0n) is 14.6. The van der Waals surface area contributed by atoms with Crippen LogP contribution in [0, 0.1) is 11.3 Å². The standard InChI is InChI=1S/C17H18N4O5S/c1-25-17(22)16-15(19)12(10-18)11-21(16)13-2-4-14(5-3-13)27(23,24)20-6-8-26-9-7-20/h2-5,11H,6-9,19H2,1H3. The molecule has 0 aliphatic carbocycles. The number of benzene rings is 1. The number of carbonyl (C=O) groups excluding carboxylic acids is 1. The summed E-state index contributed by atoms with van der Waals surface area (Å²) in [7, 11) is -2.41. The minimum Gasteiger partial charge on any atom is -0.464 e. The molecule has 1 saturated heterocycles. The second-order valence-electron chi connectivity index (χ2n) is 5.79. The van der Waals surface area contributed by atoms with Crippen molar-refractivity contribution in [1.82, 2.24) is 8.87 Å². The van der Waals surface area contributed by atoms with Crippen molar-refractivity contribution in [2.24, 2.45) is 0 Å². The summed E-state index contributed by atoms with van der Waals surface area (Å²) in [6.07, 6.45) is 1.41. The summed E-state index contributed by atoms with van der Waals surface area (Å²) < 4.78 is 38.1. The third kappa shape index (κ3) is 3.40. The highest BCUT2D eigenvalue weighted by atomic mass is 32.2. The number of nitrogens with two attached hydrogens (primary N) is 1. The molecule has 2 aromatic rings. The number of aromatic nitrogens is 1. The molecule has 1 aliphatic heterocycles. The molecule has 0 radical (unpaired) electrons. The van der Waals surface area contributed by atoms with E-state index in [0.29, 0.717) is 32.0 Å².